The van der Waals surface area contributed by atoms with Gasteiger partial charge in [0.15, 0.2) is 11.5 Å². The molecule has 0 bridgehead atoms. The van der Waals surface area contributed by atoms with Crippen LogP contribution in [-0.4, -0.2) is 33.4 Å². The third-order valence-electron chi connectivity index (χ3n) is 3.09. The average molecular weight is 371 g/mol. The molecule has 0 saturated heterocycles. The van der Waals surface area contributed by atoms with Crippen LogP contribution >= 0.6 is 23.2 Å². The molecule has 0 N–H and O–H groups in total. The third kappa shape index (κ3) is 4.46. The lowest BCUT2D eigenvalue weighted by Crippen LogP contribution is -2.13. The lowest BCUT2D eigenvalue weighted by molar-refractivity contribution is 0.0446. The van der Waals surface area contributed by atoms with E-state index in [1.165, 1.54) is 14.2 Å². The molecule has 0 fully saturated rings. The van der Waals surface area contributed by atoms with E-state index in [0.717, 1.165) is 0 Å². The minimum atomic E-state index is -0.531. The number of methoxy groups -OCH3 is 2. The number of benzene rings is 2. The molecule has 2 aromatic rings. The molecular weight excluding hydrogens is 355 g/mol. The first kappa shape index (κ1) is 18.2. The second kappa shape index (κ2) is 8.66. The molecule has 24 heavy (non-hydrogen) atoms. The number of ether oxygens (including phenoxy) is 4. The lowest BCUT2D eigenvalue weighted by Gasteiger charge is -2.12. The zero-order valence-corrected chi connectivity index (χ0v) is 14.7. The van der Waals surface area contributed by atoms with E-state index in [4.69, 9.17) is 42.1 Å². The van der Waals surface area contributed by atoms with Crippen molar-refractivity contribution in [3.8, 4) is 17.2 Å². The Bertz CT molecular complexity index is 718. The molecule has 2 rings (SSSR count). The molecule has 2 aromatic carbocycles. The van der Waals surface area contributed by atoms with Gasteiger partial charge in [-0.15, -0.1) is 0 Å². The van der Waals surface area contributed by atoms with E-state index in [9.17, 15) is 4.79 Å². The van der Waals surface area contributed by atoms with E-state index in [-0.39, 0.29) is 18.8 Å². The van der Waals surface area contributed by atoms with E-state index in [1.54, 1.807) is 36.4 Å². The van der Waals surface area contributed by atoms with E-state index in [1.807, 2.05) is 0 Å². The van der Waals surface area contributed by atoms with Crippen LogP contribution in [0.15, 0.2) is 36.4 Å². The Morgan fingerprint density at radius 3 is 2.46 bits per heavy atom. The minimum absolute atomic E-state index is 0.0537. The largest absolute Gasteiger partial charge is 0.493 e. The Kier molecular flexibility index (Phi) is 6.58. The van der Waals surface area contributed by atoms with Crippen LogP contribution < -0.4 is 14.2 Å². The van der Waals surface area contributed by atoms with Crippen molar-refractivity contribution in [1.29, 1.82) is 0 Å². The van der Waals surface area contributed by atoms with Gasteiger partial charge in [0.25, 0.3) is 0 Å². The van der Waals surface area contributed by atoms with Crippen molar-refractivity contribution < 1.29 is 23.7 Å². The van der Waals surface area contributed by atoms with Gasteiger partial charge < -0.3 is 18.9 Å². The Balaban J connectivity index is 1.92. The first-order chi connectivity index (χ1) is 11.6. The number of carbonyl (C=O) groups excluding carboxylic acids is 1. The summed E-state index contributed by atoms with van der Waals surface area (Å²) in [7, 11) is 2.96. The van der Waals surface area contributed by atoms with Crippen molar-refractivity contribution in [1.82, 2.24) is 0 Å². The molecule has 0 atom stereocenters. The van der Waals surface area contributed by atoms with Crippen molar-refractivity contribution >= 4 is 29.2 Å². The summed E-state index contributed by atoms with van der Waals surface area (Å²) in [4.78, 5) is 12.2. The Morgan fingerprint density at radius 2 is 1.79 bits per heavy atom. The Morgan fingerprint density at radius 1 is 1.00 bits per heavy atom. The minimum Gasteiger partial charge on any atom is -0.493 e. The smallest absolute Gasteiger partial charge is 0.342 e. The Hall–Kier alpha value is -2.11. The molecule has 0 radical (unpaired) electrons. The van der Waals surface area contributed by atoms with Gasteiger partial charge in [-0.3, -0.25) is 0 Å². The molecule has 0 aliphatic rings. The fourth-order valence-corrected chi connectivity index (χ4v) is 2.47. The van der Waals surface area contributed by atoms with Crippen molar-refractivity contribution in [2.45, 2.75) is 0 Å². The molecular formula is C17H16Cl2O5. The summed E-state index contributed by atoms with van der Waals surface area (Å²) in [5.74, 6) is 0.718. The number of esters is 1. The summed E-state index contributed by atoms with van der Waals surface area (Å²) >= 11 is 11.8. The maximum absolute atomic E-state index is 12.2. The number of rotatable bonds is 7. The fraction of sp³-hybridized carbons (Fsp3) is 0.235. The second-order valence-electron chi connectivity index (χ2n) is 4.60. The van der Waals surface area contributed by atoms with Crippen LogP contribution in [0.4, 0.5) is 0 Å². The average Bonchev–Trinajstić information content (AvgIpc) is 2.59. The molecule has 0 spiro atoms. The molecule has 5 nitrogen and oxygen atoms in total. The monoisotopic (exact) mass is 370 g/mol. The van der Waals surface area contributed by atoms with Crippen LogP contribution in [0, 0.1) is 0 Å². The summed E-state index contributed by atoms with van der Waals surface area (Å²) in [5.41, 5.74) is 0.279. The fourth-order valence-electron chi connectivity index (χ4n) is 2.00. The van der Waals surface area contributed by atoms with Gasteiger partial charge in [-0.25, -0.2) is 4.79 Å². The van der Waals surface area contributed by atoms with E-state index >= 15 is 0 Å². The molecule has 0 aliphatic carbocycles. The van der Waals surface area contributed by atoms with E-state index in [0.29, 0.717) is 27.3 Å². The Labute approximate surface area is 150 Å². The highest BCUT2D eigenvalue weighted by atomic mass is 35.5. The van der Waals surface area contributed by atoms with Gasteiger partial charge in [0.2, 0.25) is 0 Å². The lowest BCUT2D eigenvalue weighted by atomic mass is 10.2. The van der Waals surface area contributed by atoms with E-state index in [2.05, 4.69) is 0 Å². The molecule has 0 aliphatic heterocycles. The van der Waals surface area contributed by atoms with Gasteiger partial charge >= 0.3 is 5.97 Å². The molecule has 0 saturated carbocycles. The normalized spacial score (nSPS) is 10.2. The van der Waals surface area contributed by atoms with Crippen molar-refractivity contribution in [2.75, 3.05) is 27.4 Å². The maximum atomic E-state index is 12.2. The standard InChI is InChI=1S/C17H16Cl2O5/c1-21-15-5-3-4-12(16(15)22-2)17(20)24-9-8-23-14-7-6-11(18)10-13(14)19/h3-7,10H,8-9H2,1-2H3. The summed E-state index contributed by atoms with van der Waals surface area (Å²) in [6.07, 6.45) is 0. The summed E-state index contributed by atoms with van der Waals surface area (Å²) in [5, 5.41) is 0.909. The molecule has 0 amide bonds. The van der Waals surface area contributed by atoms with Gasteiger partial charge in [0, 0.05) is 5.02 Å². The maximum Gasteiger partial charge on any atom is 0.342 e. The first-order valence-electron chi connectivity index (χ1n) is 7.02. The molecule has 128 valence electrons. The molecule has 0 aromatic heterocycles. The quantitative estimate of drug-likeness (QED) is 0.538. The molecule has 7 heteroatoms. The SMILES string of the molecule is COc1cccc(C(=O)OCCOc2ccc(Cl)cc2Cl)c1OC. The highest BCUT2D eigenvalue weighted by Gasteiger charge is 2.17. The topological polar surface area (TPSA) is 54.0 Å². The van der Waals surface area contributed by atoms with Crippen LogP contribution in [0.3, 0.4) is 0 Å². The number of hydrogen-bond donors (Lipinski definition) is 0. The molecule has 0 unspecified atom stereocenters. The summed E-state index contributed by atoms with van der Waals surface area (Å²) in [6.45, 7) is 0.206. The highest BCUT2D eigenvalue weighted by Crippen LogP contribution is 2.31. The number of carbonyl (C=O) groups is 1. The number of halogens is 2. The van der Waals surface area contributed by atoms with Crippen LogP contribution in [0.5, 0.6) is 17.2 Å². The van der Waals surface area contributed by atoms with Gasteiger partial charge in [-0.1, -0.05) is 29.3 Å². The van der Waals surface area contributed by atoms with Crippen LogP contribution in [0.1, 0.15) is 10.4 Å². The predicted molar refractivity (Wildman–Crippen MR) is 91.8 cm³/mol. The third-order valence-corrected chi connectivity index (χ3v) is 3.62. The zero-order valence-electron chi connectivity index (χ0n) is 13.2. The van der Waals surface area contributed by atoms with Crippen LogP contribution in [-0.2, 0) is 4.74 Å². The van der Waals surface area contributed by atoms with Crippen molar-refractivity contribution in [3.05, 3.63) is 52.0 Å². The van der Waals surface area contributed by atoms with Crippen molar-refractivity contribution in [2.24, 2.45) is 0 Å². The van der Waals surface area contributed by atoms with Crippen molar-refractivity contribution in [3.63, 3.8) is 0 Å². The van der Waals surface area contributed by atoms with E-state index < -0.39 is 5.97 Å². The summed E-state index contributed by atoms with van der Waals surface area (Å²) < 4.78 is 21.0. The highest BCUT2D eigenvalue weighted by molar-refractivity contribution is 6.35. The first-order valence-corrected chi connectivity index (χ1v) is 7.78. The van der Waals surface area contributed by atoms with Gasteiger partial charge in [0.1, 0.15) is 24.5 Å². The zero-order chi connectivity index (χ0) is 17.5. The number of para-hydroxylation sites is 1. The van der Waals surface area contributed by atoms with Crippen LogP contribution in [0.25, 0.3) is 0 Å². The molecule has 0 heterocycles. The predicted octanol–water partition coefficient (Wildman–Crippen LogP) is 4.25. The van der Waals surface area contributed by atoms with Crippen LogP contribution in [0.2, 0.25) is 10.0 Å². The summed E-state index contributed by atoms with van der Waals surface area (Å²) in [6, 6.07) is 9.86. The van der Waals surface area contributed by atoms with Gasteiger partial charge in [-0.05, 0) is 30.3 Å². The second-order valence-corrected chi connectivity index (χ2v) is 5.44. The van der Waals surface area contributed by atoms with Gasteiger partial charge in [-0.2, -0.15) is 0 Å². The number of hydrogen-bond acceptors (Lipinski definition) is 5. The van der Waals surface area contributed by atoms with Gasteiger partial charge in [0.05, 0.1) is 19.2 Å².